The number of carbonyl (C=O) groups is 1. The van der Waals surface area contributed by atoms with Crippen molar-refractivity contribution in [2.45, 2.75) is 12.2 Å². The molecule has 0 spiro atoms. The Morgan fingerprint density at radius 2 is 1.85 bits per heavy atom. The average molecular weight is 474 g/mol. The van der Waals surface area contributed by atoms with Crippen LogP contribution >= 0.6 is 11.7 Å². The normalized spacial score (nSPS) is 19.1. The third-order valence-electron chi connectivity index (χ3n) is 6.02. The molecule has 34 heavy (non-hydrogen) atoms. The van der Waals surface area contributed by atoms with Crippen LogP contribution in [0.3, 0.4) is 0 Å². The molecule has 1 N–H and O–H groups in total. The maximum Gasteiger partial charge on any atom is 0.342 e. The molecule has 6 rings (SSSR count). The van der Waals surface area contributed by atoms with Gasteiger partial charge in [-0.3, -0.25) is 0 Å². The van der Waals surface area contributed by atoms with E-state index in [0.717, 1.165) is 22.8 Å². The van der Waals surface area contributed by atoms with Crippen LogP contribution in [-0.2, 0) is 21.7 Å². The van der Waals surface area contributed by atoms with Crippen LogP contribution in [0.2, 0.25) is 0 Å². The first-order valence-corrected chi connectivity index (χ1v) is 11.2. The number of aliphatic hydroxyl groups is 1. The summed E-state index contributed by atoms with van der Waals surface area (Å²) < 4.78 is 30.6. The molecule has 1 atom stereocenters. The summed E-state index contributed by atoms with van der Waals surface area (Å²) in [4.78, 5) is 13.3. The molecule has 3 heterocycles. The highest BCUT2D eigenvalue weighted by Crippen LogP contribution is 2.47. The highest BCUT2D eigenvalue weighted by molar-refractivity contribution is 7.00. The summed E-state index contributed by atoms with van der Waals surface area (Å²) in [6.07, 6.45) is 0.212. The molecule has 1 unspecified atom stereocenters. The summed E-state index contributed by atoms with van der Waals surface area (Å²) in [5.74, 6) is -0.965. The predicted molar refractivity (Wildman–Crippen MR) is 124 cm³/mol. The number of para-hydroxylation sites is 1. The molecule has 2 aliphatic heterocycles. The lowest BCUT2D eigenvalue weighted by molar-refractivity contribution is -0.185. The number of cyclic esters (lactones) is 1. The highest BCUT2D eigenvalue weighted by atomic mass is 32.1. The fraction of sp³-hybridized carbons (Fsp3) is 0.160. The zero-order chi connectivity index (χ0) is 23.3. The minimum absolute atomic E-state index is 0.0911. The number of rotatable bonds is 5. The van der Waals surface area contributed by atoms with Gasteiger partial charge in [-0.2, -0.15) is 8.75 Å². The van der Waals surface area contributed by atoms with E-state index < -0.39 is 11.8 Å². The fourth-order valence-electron chi connectivity index (χ4n) is 4.36. The number of aromatic nitrogens is 2. The van der Waals surface area contributed by atoms with Crippen molar-refractivity contribution in [1.29, 1.82) is 0 Å². The quantitative estimate of drug-likeness (QED) is 0.436. The van der Waals surface area contributed by atoms with Crippen LogP contribution in [0.5, 0.6) is 17.2 Å². The molecule has 0 fully saturated rings. The van der Waals surface area contributed by atoms with Gasteiger partial charge in [-0.05, 0) is 47.5 Å². The van der Waals surface area contributed by atoms with Crippen LogP contribution in [0.15, 0.2) is 66.2 Å². The Hall–Kier alpha value is -3.95. The smallest absolute Gasteiger partial charge is 0.342 e. The van der Waals surface area contributed by atoms with E-state index in [1.807, 2.05) is 24.3 Å². The second kappa shape index (κ2) is 7.82. The summed E-state index contributed by atoms with van der Waals surface area (Å²) in [6.45, 7) is 0.0911. The molecule has 8 nitrogen and oxygen atoms in total. The van der Waals surface area contributed by atoms with Crippen LogP contribution in [0, 0.1) is 0 Å². The van der Waals surface area contributed by atoms with E-state index in [4.69, 9.17) is 18.9 Å². The SMILES string of the molecule is COc1ccccc1CC1=C(c2ccc3nsnc3c2)C(=O)OC1(O)c1ccc2c(c1)OCO2. The van der Waals surface area contributed by atoms with Crippen molar-refractivity contribution in [1.82, 2.24) is 8.75 Å². The molecule has 0 saturated carbocycles. The number of benzene rings is 3. The largest absolute Gasteiger partial charge is 0.496 e. The summed E-state index contributed by atoms with van der Waals surface area (Å²) in [7, 11) is 1.58. The predicted octanol–water partition coefficient (Wildman–Crippen LogP) is 3.83. The molecule has 0 aliphatic carbocycles. The van der Waals surface area contributed by atoms with Gasteiger partial charge in [-0.25, -0.2) is 4.79 Å². The number of hydrogen-bond acceptors (Lipinski definition) is 9. The number of carbonyl (C=O) groups excluding carboxylic acids is 1. The molecule has 2 aliphatic rings. The molecule has 0 saturated heterocycles. The molecule has 0 amide bonds. The van der Waals surface area contributed by atoms with Crippen LogP contribution < -0.4 is 14.2 Å². The first-order valence-electron chi connectivity index (χ1n) is 10.5. The van der Waals surface area contributed by atoms with Crippen LogP contribution in [0.25, 0.3) is 16.6 Å². The van der Waals surface area contributed by atoms with E-state index in [1.54, 1.807) is 43.5 Å². The van der Waals surface area contributed by atoms with Gasteiger partial charge in [0.15, 0.2) is 11.5 Å². The van der Waals surface area contributed by atoms with Crippen molar-refractivity contribution in [2.24, 2.45) is 0 Å². The van der Waals surface area contributed by atoms with Gasteiger partial charge in [0.25, 0.3) is 5.79 Å². The van der Waals surface area contributed by atoms with Crippen LogP contribution in [0.1, 0.15) is 16.7 Å². The minimum atomic E-state index is -2.01. The zero-order valence-corrected chi connectivity index (χ0v) is 18.8. The molecule has 4 aromatic rings. The Bertz CT molecular complexity index is 1480. The Labute approximate surface area is 198 Å². The fourth-order valence-corrected chi connectivity index (χ4v) is 4.87. The van der Waals surface area contributed by atoms with Crippen molar-refractivity contribution in [2.75, 3.05) is 13.9 Å². The molecule has 0 radical (unpaired) electrons. The summed E-state index contributed by atoms with van der Waals surface area (Å²) in [5.41, 5.74) is 3.82. The number of methoxy groups -OCH3 is 1. The van der Waals surface area contributed by atoms with Crippen LogP contribution in [-0.4, -0.2) is 33.7 Å². The van der Waals surface area contributed by atoms with Crippen molar-refractivity contribution < 1.29 is 28.8 Å². The summed E-state index contributed by atoms with van der Waals surface area (Å²) in [5, 5.41) is 11.9. The third-order valence-corrected chi connectivity index (χ3v) is 6.58. The lowest BCUT2D eigenvalue weighted by Gasteiger charge is -2.26. The Kier molecular flexibility index (Phi) is 4.75. The summed E-state index contributed by atoms with van der Waals surface area (Å²) in [6, 6.07) is 17.8. The first kappa shape index (κ1) is 20.6. The zero-order valence-electron chi connectivity index (χ0n) is 18.0. The number of ether oxygens (including phenoxy) is 4. The Balaban J connectivity index is 1.55. The first-order chi connectivity index (χ1) is 16.6. The molecule has 0 bridgehead atoms. The molecular formula is C25H18N2O6S. The van der Waals surface area contributed by atoms with Crippen LogP contribution in [0.4, 0.5) is 0 Å². The molecule has 9 heteroatoms. The van der Waals surface area contributed by atoms with Gasteiger partial charge < -0.3 is 24.1 Å². The van der Waals surface area contributed by atoms with Gasteiger partial charge in [-0.1, -0.05) is 24.3 Å². The number of fused-ring (bicyclic) bond motifs is 2. The maximum atomic E-state index is 13.3. The highest BCUT2D eigenvalue weighted by Gasteiger charge is 2.48. The second-order valence-corrected chi connectivity index (χ2v) is 8.44. The van der Waals surface area contributed by atoms with E-state index >= 15 is 0 Å². The Morgan fingerprint density at radius 3 is 2.74 bits per heavy atom. The van der Waals surface area contributed by atoms with E-state index in [-0.39, 0.29) is 18.8 Å². The monoisotopic (exact) mass is 474 g/mol. The topological polar surface area (TPSA) is 100 Å². The van der Waals surface area contributed by atoms with E-state index in [9.17, 15) is 9.90 Å². The van der Waals surface area contributed by atoms with Crippen molar-refractivity contribution >= 4 is 34.3 Å². The van der Waals surface area contributed by atoms with Gasteiger partial charge in [0.05, 0.1) is 24.4 Å². The number of nitrogens with zero attached hydrogens (tertiary/aromatic N) is 2. The average Bonchev–Trinajstić information content (AvgIpc) is 3.57. The van der Waals surface area contributed by atoms with Gasteiger partial charge in [0.2, 0.25) is 6.79 Å². The minimum Gasteiger partial charge on any atom is -0.496 e. The van der Waals surface area contributed by atoms with Gasteiger partial charge in [-0.15, -0.1) is 0 Å². The van der Waals surface area contributed by atoms with E-state index in [0.29, 0.717) is 39.5 Å². The Morgan fingerprint density at radius 1 is 1.03 bits per heavy atom. The van der Waals surface area contributed by atoms with E-state index in [2.05, 4.69) is 8.75 Å². The third kappa shape index (κ3) is 3.20. The molecule has 170 valence electrons. The van der Waals surface area contributed by atoms with Crippen molar-refractivity contribution in [3.05, 3.63) is 82.9 Å². The van der Waals surface area contributed by atoms with Gasteiger partial charge in [0.1, 0.15) is 16.8 Å². The maximum absolute atomic E-state index is 13.3. The van der Waals surface area contributed by atoms with Gasteiger partial charge in [0, 0.05) is 17.6 Å². The molecular weight excluding hydrogens is 456 g/mol. The standard InChI is InChI=1S/C25H18N2O6S/c1-30-20-5-3-2-4-14(20)10-17-23(15-6-8-18-19(11-15)27-34-26-18)24(28)33-25(17,29)16-7-9-21-22(12-16)32-13-31-21/h2-9,11-12,29H,10,13H2,1H3. The number of hydrogen-bond donors (Lipinski definition) is 1. The molecule has 1 aromatic heterocycles. The lowest BCUT2D eigenvalue weighted by Crippen LogP contribution is -2.29. The second-order valence-electron chi connectivity index (χ2n) is 7.91. The lowest BCUT2D eigenvalue weighted by atomic mass is 9.87. The van der Waals surface area contributed by atoms with Gasteiger partial charge >= 0.3 is 5.97 Å². The summed E-state index contributed by atoms with van der Waals surface area (Å²) >= 11 is 1.10. The molecule has 3 aromatic carbocycles. The number of esters is 1. The van der Waals surface area contributed by atoms with E-state index in [1.165, 1.54) is 0 Å². The van der Waals surface area contributed by atoms with Crippen molar-refractivity contribution in [3.8, 4) is 17.2 Å². The van der Waals surface area contributed by atoms with Crippen molar-refractivity contribution in [3.63, 3.8) is 0 Å².